The van der Waals surface area contributed by atoms with Gasteiger partial charge in [0.1, 0.15) is 0 Å². The van der Waals surface area contributed by atoms with Gasteiger partial charge in [0, 0.05) is 24.5 Å². The van der Waals surface area contributed by atoms with E-state index in [-0.39, 0.29) is 5.92 Å². The van der Waals surface area contributed by atoms with E-state index in [9.17, 15) is 4.79 Å². The van der Waals surface area contributed by atoms with Gasteiger partial charge in [-0.05, 0) is 52.5 Å². The Morgan fingerprint density at radius 3 is 2.74 bits per heavy atom. The molecule has 1 N–H and O–H groups in total. The lowest BCUT2D eigenvalue weighted by Gasteiger charge is -2.35. The highest BCUT2D eigenvalue weighted by molar-refractivity contribution is 5.79. The van der Waals surface area contributed by atoms with Gasteiger partial charge in [-0.2, -0.15) is 0 Å². The van der Waals surface area contributed by atoms with Crippen LogP contribution in [0, 0.1) is 5.92 Å². The molecule has 3 nitrogen and oxygen atoms in total. The first kappa shape index (κ1) is 14.6. The molecule has 1 fully saturated rings. The van der Waals surface area contributed by atoms with Crippen LogP contribution in [0.25, 0.3) is 0 Å². The molecule has 0 aromatic carbocycles. The van der Waals surface area contributed by atoms with E-state index < -0.39 is 0 Å². The smallest absolute Gasteiger partial charge is 0.226 e. The Labute approximate surface area is 117 Å². The lowest BCUT2D eigenvalue weighted by Crippen LogP contribution is -2.50. The number of allylic oxidation sites excluding steroid dienone is 2. The molecule has 0 radical (unpaired) electrons. The van der Waals surface area contributed by atoms with Gasteiger partial charge >= 0.3 is 0 Å². The van der Waals surface area contributed by atoms with Crippen molar-refractivity contribution in [3.63, 3.8) is 0 Å². The van der Waals surface area contributed by atoms with Crippen molar-refractivity contribution in [2.45, 2.75) is 64.5 Å². The maximum atomic E-state index is 12.7. The Kier molecular flexibility index (Phi) is 5.44. The first-order valence-corrected chi connectivity index (χ1v) is 7.87. The van der Waals surface area contributed by atoms with E-state index in [1.807, 2.05) is 0 Å². The van der Waals surface area contributed by atoms with Crippen LogP contribution in [0.1, 0.15) is 52.4 Å². The fourth-order valence-corrected chi connectivity index (χ4v) is 3.12. The third-order valence-corrected chi connectivity index (χ3v) is 4.35. The zero-order valence-electron chi connectivity index (χ0n) is 12.4. The van der Waals surface area contributed by atoms with Crippen molar-refractivity contribution >= 4 is 5.91 Å². The fraction of sp³-hybridized carbons (Fsp3) is 0.812. The molecule has 1 aliphatic heterocycles. The molecule has 1 saturated heterocycles. The topological polar surface area (TPSA) is 32.3 Å². The molecule has 0 aromatic rings. The minimum absolute atomic E-state index is 0.219. The predicted octanol–water partition coefficient (Wildman–Crippen LogP) is 2.72. The lowest BCUT2D eigenvalue weighted by atomic mass is 9.92. The zero-order valence-corrected chi connectivity index (χ0v) is 12.4. The second-order valence-electron chi connectivity index (χ2n) is 6.21. The van der Waals surface area contributed by atoms with Gasteiger partial charge in [0.05, 0.1) is 0 Å². The number of piperidine rings is 1. The summed E-state index contributed by atoms with van der Waals surface area (Å²) in [6.07, 6.45) is 11.2. The summed E-state index contributed by atoms with van der Waals surface area (Å²) >= 11 is 0. The minimum atomic E-state index is 0.219. The molecular weight excluding hydrogens is 236 g/mol. The Bertz CT molecular complexity index is 319. The van der Waals surface area contributed by atoms with Gasteiger partial charge in [0.2, 0.25) is 5.91 Å². The fourth-order valence-electron chi connectivity index (χ4n) is 3.12. The molecule has 0 bridgehead atoms. The molecular formula is C16H28N2O. The molecule has 1 heterocycles. The van der Waals surface area contributed by atoms with Crippen LogP contribution in [-0.2, 0) is 4.79 Å². The molecule has 2 aliphatic rings. The number of nitrogens with one attached hydrogen (secondary N) is 1. The van der Waals surface area contributed by atoms with Crippen molar-refractivity contribution in [3.05, 3.63) is 12.2 Å². The van der Waals surface area contributed by atoms with E-state index in [1.165, 1.54) is 19.3 Å². The van der Waals surface area contributed by atoms with Gasteiger partial charge in [-0.15, -0.1) is 0 Å². The number of hydrogen-bond acceptors (Lipinski definition) is 2. The standard InChI is InChI=1S/C16H28N2O/c1-13(2)18(12-15-10-6-7-11-17-15)16(19)14-8-4-3-5-9-14/h3-4,13-15,17H,5-12H2,1-2H3. The van der Waals surface area contributed by atoms with Crippen LogP contribution < -0.4 is 5.32 Å². The summed E-state index contributed by atoms with van der Waals surface area (Å²) in [4.78, 5) is 14.8. The number of rotatable bonds is 4. The van der Waals surface area contributed by atoms with Gasteiger partial charge in [-0.3, -0.25) is 4.79 Å². The molecule has 0 saturated carbocycles. The van der Waals surface area contributed by atoms with Crippen LogP contribution in [-0.4, -0.2) is 36.0 Å². The molecule has 0 spiro atoms. The third-order valence-electron chi connectivity index (χ3n) is 4.35. The molecule has 108 valence electrons. The van der Waals surface area contributed by atoms with Crippen LogP contribution in [0.3, 0.4) is 0 Å². The SMILES string of the molecule is CC(C)N(CC1CCCCN1)C(=O)C1CC=CCC1. The molecule has 0 aromatic heterocycles. The number of amides is 1. The lowest BCUT2D eigenvalue weighted by molar-refractivity contribution is -0.138. The molecule has 1 aliphatic carbocycles. The highest BCUT2D eigenvalue weighted by Gasteiger charge is 2.28. The van der Waals surface area contributed by atoms with Gasteiger partial charge in [0.15, 0.2) is 0 Å². The summed E-state index contributed by atoms with van der Waals surface area (Å²) in [5, 5.41) is 3.55. The van der Waals surface area contributed by atoms with Crippen LogP contribution in [0.4, 0.5) is 0 Å². The number of hydrogen-bond donors (Lipinski definition) is 1. The zero-order chi connectivity index (χ0) is 13.7. The van der Waals surface area contributed by atoms with Crippen molar-refractivity contribution in [1.82, 2.24) is 10.2 Å². The normalized spacial score (nSPS) is 27.5. The largest absolute Gasteiger partial charge is 0.338 e. The van der Waals surface area contributed by atoms with Gasteiger partial charge in [0.25, 0.3) is 0 Å². The quantitative estimate of drug-likeness (QED) is 0.792. The van der Waals surface area contributed by atoms with E-state index in [0.29, 0.717) is 18.0 Å². The van der Waals surface area contributed by atoms with Crippen molar-refractivity contribution < 1.29 is 4.79 Å². The average molecular weight is 264 g/mol. The second-order valence-corrected chi connectivity index (χ2v) is 6.21. The molecule has 19 heavy (non-hydrogen) atoms. The molecule has 1 amide bonds. The second kappa shape index (κ2) is 7.09. The summed E-state index contributed by atoms with van der Waals surface area (Å²) in [6, 6.07) is 0.807. The molecule has 3 heteroatoms. The Balaban J connectivity index is 1.94. The van der Waals surface area contributed by atoms with Crippen molar-refractivity contribution in [1.29, 1.82) is 0 Å². The highest BCUT2D eigenvalue weighted by atomic mass is 16.2. The first-order valence-electron chi connectivity index (χ1n) is 7.87. The molecule has 2 atom stereocenters. The van der Waals surface area contributed by atoms with E-state index in [2.05, 4.69) is 36.2 Å². The van der Waals surface area contributed by atoms with Gasteiger partial charge < -0.3 is 10.2 Å². The highest BCUT2D eigenvalue weighted by Crippen LogP contribution is 2.22. The Morgan fingerprint density at radius 1 is 1.32 bits per heavy atom. The Morgan fingerprint density at radius 2 is 2.16 bits per heavy atom. The summed E-state index contributed by atoms with van der Waals surface area (Å²) < 4.78 is 0. The monoisotopic (exact) mass is 264 g/mol. The molecule has 2 unspecified atom stereocenters. The summed E-state index contributed by atoms with van der Waals surface area (Å²) in [7, 11) is 0. The summed E-state index contributed by atoms with van der Waals surface area (Å²) in [5.74, 6) is 0.586. The van der Waals surface area contributed by atoms with Gasteiger partial charge in [-0.25, -0.2) is 0 Å². The summed E-state index contributed by atoms with van der Waals surface area (Å²) in [6.45, 7) is 6.27. The molecule has 2 rings (SSSR count). The van der Waals surface area contributed by atoms with Crippen LogP contribution >= 0.6 is 0 Å². The van der Waals surface area contributed by atoms with E-state index in [1.54, 1.807) is 0 Å². The predicted molar refractivity (Wildman–Crippen MR) is 79.0 cm³/mol. The van der Waals surface area contributed by atoms with Gasteiger partial charge in [-0.1, -0.05) is 18.6 Å². The first-order chi connectivity index (χ1) is 9.18. The maximum Gasteiger partial charge on any atom is 0.226 e. The number of nitrogens with zero attached hydrogens (tertiary/aromatic N) is 1. The number of carbonyl (C=O) groups is 1. The third kappa shape index (κ3) is 4.07. The average Bonchev–Trinajstić information content (AvgIpc) is 2.46. The Hall–Kier alpha value is -0.830. The summed E-state index contributed by atoms with van der Waals surface area (Å²) in [5.41, 5.74) is 0. The van der Waals surface area contributed by atoms with Crippen molar-refractivity contribution in [2.24, 2.45) is 5.92 Å². The van der Waals surface area contributed by atoms with E-state index in [4.69, 9.17) is 0 Å². The van der Waals surface area contributed by atoms with Crippen molar-refractivity contribution in [2.75, 3.05) is 13.1 Å². The van der Waals surface area contributed by atoms with E-state index >= 15 is 0 Å². The van der Waals surface area contributed by atoms with Crippen molar-refractivity contribution in [3.8, 4) is 0 Å². The number of carbonyl (C=O) groups excluding carboxylic acids is 1. The minimum Gasteiger partial charge on any atom is -0.338 e. The van der Waals surface area contributed by atoms with Crippen LogP contribution in [0.5, 0.6) is 0 Å². The van der Waals surface area contributed by atoms with E-state index in [0.717, 1.165) is 32.4 Å². The van der Waals surface area contributed by atoms with Crippen LogP contribution in [0.15, 0.2) is 12.2 Å². The maximum absolute atomic E-state index is 12.7. The van der Waals surface area contributed by atoms with Crippen LogP contribution in [0.2, 0.25) is 0 Å².